The van der Waals surface area contributed by atoms with Crippen LogP contribution in [0.1, 0.15) is 24.0 Å². The van der Waals surface area contributed by atoms with Gasteiger partial charge in [-0.1, -0.05) is 48.9 Å². The van der Waals surface area contributed by atoms with Crippen molar-refractivity contribution in [3.8, 4) is 22.3 Å². The number of hydrogen-bond acceptors (Lipinski definition) is 10. The molecule has 0 bridgehead atoms. The van der Waals surface area contributed by atoms with E-state index in [4.69, 9.17) is 21.6 Å². The number of nitrogens with zero attached hydrogens (tertiary/aromatic N) is 14. The van der Waals surface area contributed by atoms with Gasteiger partial charge in [-0.25, -0.2) is 29.0 Å². The summed E-state index contributed by atoms with van der Waals surface area (Å²) in [6.45, 7) is 5.54. The van der Waals surface area contributed by atoms with E-state index in [0.717, 1.165) is 76.8 Å². The molecule has 1 aliphatic heterocycles. The summed E-state index contributed by atoms with van der Waals surface area (Å²) in [7, 11) is 3.80. The minimum Gasteiger partial charge on any atom is -0.351 e. The Morgan fingerprint density at radius 1 is 0.596 bits per heavy atom. The van der Waals surface area contributed by atoms with Crippen LogP contribution in [0.15, 0.2) is 105 Å². The molecular formula is C36H37ClN14S. The number of hydrogen-bond donors (Lipinski definition) is 0. The zero-order valence-corrected chi connectivity index (χ0v) is 30.6. The molecule has 1 aromatic carbocycles. The number of aryl methyl sites for hydroxylation is 2. The number of fused-ring (bicyclic) bond motifs is 2. The largest absolute Gasteiger partial charge is 0.351 e. The van der Waals surface area contributed by atoms with Crippen molar-refractivity contribution >= 4 is 47.9 Å². The molecule has 0 N–H and O–H groups in total. The summed E-state index contributed by atoms with van der Waals surface area (Å²) in [6.07, 6.45) is 18.5. The van der Waals surface area contributed by atoms with Gasteiger partial charge in [-0.15, -0.1) is 0 Å². The lowest BCUT2D eigenvalue weighted by molar-refractivity contribution is 0.632. The molecule has 1 atom stereocenters. The number of rotatable bonds is 6. The van der Waals surface area contributed by atoms with Gasteiger partial charge in [0.15, 0.2) is 11.0 Å². The number of piperazine rings is 1. The van der Waals surface area contributed by atoms with Gasteiger partial charge < -0.3 is 9.80 Å². The van der Waals surface area contributed by atoms with Gasteiger partial charge in [-0.05, 0) is 23.3 Å². The standard InChI is InChI=1S/C26H27N9.C10H8ClN5.H2S/c1-19(20-6-4-3-5-7-20)22-13-27-26(28-14-22)34-10-8-33(9-11-34)25-24-12-21(17-35(24)31-18-29-25)23-15-30-32(2)16-23;1-15-4-8(3-13-15)7-2-9-10(11)12-6-14-16(9)5-7;/h3-7,12-19H,8-11H2,1-2H3;2-6H,1H3;1H2/t19-;;/m0../s1. The highest BCUT2D eigenvalue weighted by Crippen LogP contribution is 2.28. The SMILES string of the molecule is C[C@@H](c1ccccc1)c1cnc(N2CCN(c3ncnn4cc(-c5cnn(C)c5)cc34)CC2)nc1.Cn1cc(-c2cc3c(Cl)ncnn3c2)cn1.S. The second kappa shape index (κ2) is 14.8. The van der Waals surface area contributed by atoms with Crippen molar-refractivity contribution in [2.45, 2.75) is 12.8 Å². The highest BCUT2D eigenvalue weighted by Gasteiger charge is 2.23. The normalized spacial score (nSPS) is 13.5. The molecule has 8 heterocycles. The van der Waals surface area contributed by atoms with Crippen LogP contribution in [0.4, 0.5) is 11.8 Å². The van der Waals surface area contributed by atoms with Crippen molar-refractivity contribution in [2.75, 3.05) is 36.0 Å². The van der Waals surface area contributed by atoms with E-state index in [0.29, 0.717) is 5.15 Å². The van der Waals surface area contributed by atoms with Crippen molar-refractivity contribution in [1.29, 1.82) is 0 Å². The molecule has 0 spiro atoms. The number of aromatic nitrogens is 12. The average Bonchev–Trinajstić information content (AvgIpc) is 3.99. The molecule has 9 rings (SSSR count). The number of anilines is 2. The third-order valence-corrected chi connectivity index (χ3v) is 9.43. The Balaban J connectivity index is 0.000000207. The number of benzene rings is 1. The van der Waals surface area contributed by atoms with Gasteiger partial charge in [-0.2, -0.15) is 33.9 Å². The van der Waals surface area contributed by atoms with Gasteiger partial charge in [0, 0.05) is 106 Å². The molecule has 0 amide bonds. The molecule has 0 aliphatic carbocycles. The average molecular weight is 733 g/mol. The quantitative estimate of drug-likeness (QED) is 0.222. The van der Waals surface area contributed by atoms with Crippen LogP contribution >= 0.6 is 25.1 Å². The fourth-order valence-electron chi connectivity index (χ4n) is 6.29. The van der Waals surface area contributed by atoms with E-state index in [-0.39, 0.29) is 19.4 Å². The molecule has 14 nitrogen and oxygen atoms in total. The molecule has 1 aliphatic rings. The minimum atomic E-state index is 0. The molecule has 8 aromatic rings. The van der Waals surface area contributed by atoms with E-state index in [9.17, 15) is 0 Å². The maximum atomic E-state index is 5.97. The fourth-order valence-corrected chi connectivity index (χ4v) is 6.47. The first-order valence-electron chi connectivity index (χ1n) is 16.6. The fraction of sp³-hybridized carbons (Fsp3) is 0.222. The van der Waals surface area contributed by atoms with Crippen molar-refractivity contribution in [1.82, 2.24) is 58.7 Å². The van der Waals surface area contributed by atoms with Crippen LogP contribution in [-0.4, -0.2) is 84.9 Å². The summed E-state index contributed by atoms with van der Waals surface area (Å²) in [5, 5.41) is 17.4. The van der Waals surface area contributed by atoms with Crippen LogP contribution < -0.4 is 9.80 Å². The molecule has 1 fully saturated rings. The monoisotopic (exact) mass is 732 g/mol. The predicted octanol–water partition coefficient (Wildman–Crippen LogP) is 5.29. The Labute approximate surface area is 311 Å². The Bertz CT molecular complexity index is 2410. The zero-order chi connectivity index (χ0) is 34.9. The predicted molar refractivity (Wildman–Crippen MR) is 206 cm³/mol. The van der Waals surface area contributed by atoms with Crippen molar-refractivity contribution in [2.24, 2.45) is 14.1 Å². The van der Waals surface area contributed by atoms with E-state index in [1.807, 2.05) is 74.1 Å². The van der Waals surface area contributed by atoms with Crippen LogP contribution in [-0.2, 0) is 14.1 Å². The molecule has 52 heavy (non-hydrogen) atoms. The summed E-state index contributed by atoms with van der Waals surface area (Å²) >= 11 is 5.97. The van der Waals surface area contributed by atoms with E-state index >= 15 is 0 Å². The van der Waals surface area contributed by atoms with Crippen LogP contribution in [0.25, 0.3) is 33.3 Å². The van der Waals surface area contributed by atoms with Crippen molar-refractivity contribution in [3.63, 3.8) is 0 Å². The topological polar surface area (TPSA) is 128 Å². The second-order valence-corrected chi connectivity index (χ2v) is 12.8. The van der Waals surface area contributed by atoms with Gasteiger partial charge in [0.2, 0.25) is 5.95 Å². The third-order valence-electron chi connectivity index (χ3n) is 9.14. The van der Waals surface area contributed by atoms with Crippen LogP contribution in [0.5, 0.6) is 0 Å². The smallest absolute Gasteiger partial charge is 0.225 e. The zero-order valence-electron chi connectivity index (χ0n) is 28.9. The lowest BCUT2D eigenvalue weighted by atomic mass is 9.96. The molecule has 16 heteroatoms. The van der Waals surface area contributed by atoms with E-state index in [2.05, 4.69) is 77.4 Å². The maximum absolute atomic E-state index is 5.97. The summed E-state index contributed by atoms with van der Waals surface area (Å²) < 4.78 is 7.16. The minimum absolute atomic E-state index is 0. The van der Waals surface area contributed by atoms with Gasteiger partial charge in [0.25, 0.3) is 0 Å². The first-order chi connectivity index (χ1) is 24.9. The molecule has 264 valence electrons. The lowest BCUT2D eigenvalue weighted by Crippen LogP contribution is -2.47. The summed E-state index contributed by atoms with van der Waals surface area (Å²) in [5.74, 6) is 1.99. The van der Waals surface area contributed by atoms with E-state index < -0.39 is 0 Å². The Hall–Kier alpha value is -5.80. The maximum Gasteiger partial charge on any atom is 0.225 e. The van der Waals surface area contributed by atoms with Gasteiger partial charge in [0.05, 0.1) is 12.4 Å². The van der Waals surface area contributed by atoms with Gasteiger partial charge in [0.1, 0.15) is 23.7 Å². The highest BCUT2D eigenvalue weighted by molar-refractivity contribution is 7.59. The molecule has 7 aromatic heterocycles. The first kappa shape index (κ1) is 34.6. The van der Waals surface area contributed by atoms with E-state index in [1.165, 1.54) is 11.9 Å². The Kier molecular flexibility index (Phi) is 9.87. The summed E-state index contributed by atoms with van der Waals surface area (Å²) in [6, 6.07) is 14.5. The molecule has 1 saturated heterocycles. The van der Waals surface area contributed by atoms with Crippen molar-refractivity contribution in [3.05, 3.63) is 121 Å². The summed E-state index contributed by atoms with van der Waals surface area (Å²) in [4.78, 5) is 22.5. The van der Waals surface area contributed by atoms with Gasteiger partial charge in [-0.3, -0.25) is 9.36 Å². The first-order valence-corrected chi connectivity index (χ1v) is 16.9. The lowest BCUT2D eigenvalue weighted by Gasteiger charge is -2.35. The summed E-state index contributed by atoms with van der Waals surface area (Å²) in [5.41, 5.74) is 8.39. The van der Waals surface area contributed by atoms with E-state index in [1.54, 1.807) is 26.4 Å². The molecular weight excluding hydrogens is 696 g/mol. The van der Waals surface area contributed by atoms with Crippen molar-refractivity contribution < 1.29 is 0 Å². The molecule has 0 saturated carbocycles. The van der Waals surface area contributed by atoms with Crippen LogP contribution in [0.2, 0.25) is 5.15 Å². The molecule has 0 unspecified atom stereocenters. The molecule has 0 radical (unpaired) electrons. The van der Waals surface area contributed by atoms with Crippen LogP contribution in [0, 0.1) is 0 Å². The van der Waals surface area contributed by atoms with Gasteiger partial charge >= 0.3 is 0 Å². The highest BCUT2D eigenvalue weighted by atomic mass is 35.5. The number of halogens is 1. The van der Waals surface area contributed by atoms with Crippen LogP contribution in [0.3, 0.4) is 0 Å². The Morgan fingerprint density at radius 2 is 1.15 bits per heavy atom. The third kappa shape index (κ3) is 7.05. The second-order valence-electron chi connectivity index (χ2n) is 12.5. The Morgan fingerprint density at radius 3 is 1.73 bits per heavy atom.